The molecule has 1 aromatic rings. The topological polar surface area (TPSA) is 50.2 Å². The molecular weight excluding hydrogens is 206 g/mol. The maximum atomic E-state index is 10.4. The molecule has 0 aromatic carbocycles. The summed E-state index contributed by atoms with van der Waals surface area (Å²) < 4.78 is 0. The Morgan fingerprint density at radius 3 is 3.08 bits per heavy atom. The van der Waals surface area contributed by atoms with Crippen LogP contribution in [0.4, 0.5) is 0 Å². The number of carbonyl (C=O) groups is 1. The van der Waals surface area contributed by atoms with Gasteiger partial charge >= 0.3 is 5.97 Å². The molecule has 0 saturated heterocycles. The van der Waals surface area contributed by atoms with Crippen LogP contribution >= 0.6 is 24.0 Å². The zero-order valence-corrected chi connectivity index (χ0v) is 8.36. The molecule has 5 heteroatoms. The summed E-state index contributed by atoms with van der Waals surface area (Å²) in [5.41, 5.74) is 0.518. The molecule has 0 aliphatic rings. The first-order valence-electron chi connectivity index (χ1n) is 3.52. The van der Waals surface area contributed by atoms with E-state index in [9.17, 15) is 4.79 Å². The number of thiazole rings is 1. The molecule has 0 aliphatic heterocycles. The second-order valence-corrected chi connectivity index (χ2v) is 3.42. The summed E-state index contributed by atoms with van der Waals surface area (Å²) in [4.78, 5) is 14.2. The number of aromatic nitrogens is 1. The number of hydrogen-bond donors (Lipinski definition) is 2. The molecule has 0 radical (unpaired) electrons. The highest BCUT2D eigenvalue weighted by molar-refractivity contribution is 7.80. The minimum Gasteiger partial charge on any atom is -0.476 e. The van der Waals surface area contributed by atoms with Crippen LogP contribution in [0.5, 0.6) is 0 Å². The van der Waals surface area contributed by atoms with Crippen molar-refractivity contribution < 1.29 is 9.90 Å². The average molecular weight is 213 g/mol. The van der Waals surface area contributed by atoms with E-state index in [0.717, 1.165) is 11.3 Å². The van der Waals surface area contributed by atoms with E-state index in [1.54, 1.807) is 5.38 Å². The molecule has 0 amide bonds. The van der Waals surface area contributed by atoms with E-state index < -0.39 is 5.97 Å². The Kier molecular flexibility index (Phi) is 3.80. The second kappa shape index (κ2) is 4.90. The first-order valence-corrected chi connectivity index (χ1v) is 5.04. The number of carboxylic acid groups (broad SMARTS) is 1. The molecule has 0 fully saturated rings. The first kappa shape index (κ1) is 10.1. The number of thiol groups is 1. The van der Waals surface area contributed by atoms with E-state index in [1.807, 2.05) is 0 Å². The Hall–Kier alpha value is -0.990. The first-order chi connectivity index (χ1) is 6.24. The smallest absolute Gasteiger partial charge is 0.365 e. The summed E-state index contributed by atoms with van der Waals surface area (Å²) in [6, 6.07) is 0. The largest absolute Gasteiger partial charge is 0.476 e. The normalized spacial score (nSPS) is 9.00. The lowest BCUT2D eigenvalue weighted by molar-refractivity contribution is 0.0696. The van der Waals surface area contributed by atoms with Crippen molar-refractivity contribution in [1.82, 2.24) is 4.98 Å². The number of hydrogen-bond acceptors (Lipinski definition) is 4. The van der Waals surface area contributed by atoms with Crippen molar-refractivity contribution in [2.24, 2.45) is 0 Å². The van der Waals surface area contributed by atoms with E-state index in [1.165, 1.54) is 0 Å². The minimum absolute atomic E-state index is 0.0789. The summed E-state index contributed by atoms with van der Waals surface area (Å²) in [6.45, 7) is 0. The van der Waals surface area contributed by atoms with Crippen molar-refractivity contribution in [3.8, 4) is 11.8 Å². The fourth-order valence-corrected chi connectivity index (χ4v) is 1.34. The van der Waals surface area contributed by atoms with E-state index in [0.29, 0.717) is 17.9 Å². The number of aromatic carboxylic acids is 1. The van der Waals surface area contributed by atoms with E-state index in [-0.39, 0.29) is 5.01 Å². The Balaban J connectivity index is 2.71. The zero-order valence-electron chi connectivity index (χ0n) is 6.65. The van der Waals surface area contributed by atoms with Crippen molar-refractivity contribution in [1.29, 1.82) is 0 Å². The average Bonchev–Trinajstić information content (AvgIpc) is 2.53. The standard InChI is InChI=1S/C8H7NO2S2/c10-8(11)7-9-6(5-13-7)3-1-2-4-12/h5,12H,2,4H2,(H,10,11). The highest BCUT2D eigenvalue weighted by Gasteiger charge is 2.06. The van der Waals surface area contributed by atoms with E-state index in [2.05, 4.69) is 29.5 Å². The van der Waals surface area contributed by atoms with Gasteiger partial charge in [0.25, 0.3) is 0 Å². The maximum absolute atomic E-state index is 10.4. The Morgan fingerprint density at radius 2 is 2.54 bits per heavy atom. The Morgan fingerprint density at radius 1 is 1.77 bits per heavy atom. The van der Waals surface area contributed by atoms with E-state index in [4.69, 9.17) is 5.11 Å². The van der Waals surface area contributed by atoms with Gasteiger partial charge in [-0.3, -0.25) is 0 Å². The predicted molar refractivity (Wildman–Crippen MR) is 54.4 cm³/mol. The predicted octanol–water partition coefficient (Wildman–Crippen LogP) is 1.51. The van der Waals surface area contributed by atoms with Crippen molar-refractivity contribution in [3.05, 3.63) is 16.1 Å². The molecular formula is C8H7NO2S2. The van der Waals surface area contributed by atoms with Gasteiger partial charge < -0.3 is 5.11 Å². The summed E-state index contributed by atoms with van der Waals surface area (Å²) in [6.07, 6.45) is 0.684. The summed E-state index contributed by atoms with van der Waals surface area (Å²) in [7, 11) is 0. The number of rotatable bonds is 2. The Bertz CT molecular complexity index is 362. The van der Waals surface area contributed by atoms with Crippen molar-refractivity contribution in [2.45, 2.75) is 6.42 Å². The third-order valence-electron chi connectivity index (χ3n) is 1.14. The maximum Gasteiger partial charge on any atom is 0.365 e. The molecule has 0 aliphatic carbocycles. The summed E-state index contributed by atoms with van der Waals surface area (Å²) in [5, 5.41) is 10.3. The van der Waals surface area contributed by atoms with Gasteiger partial charge in [-0.05, 0) is 5.92 Å². The fraction of sp³-hybridized carbons (Fsp3) is 0.250. The molecule has 1 heterocycles. The van der Waals surface area contributed by atoms with Crippen molar-refractivity contribution in [2.75, 3.05) is 5.75 Å². The van der Waals surface area contributed by atoms with Gasteiger partial charge in [0.2, 0.25) is 5.01 Å². The molecule has 0 spiro atoms. The SMILES string of the molecule is O=C(O)c1nc(C#CCCS)cs1. The summed E-state index contributed by atoms with van der Waals surface area (Å²) >= 11 is 5.07. The molecule has 0 saturated carbocycles. The molecule has 1 rings (SSSR count). The van der Waals surface area contributed by atoms with Crippen LogP contribution in [0.2, 0.25) is 0 Å². The third kappa shape index (κ3) is 3.09. The number of carboxylic acids is 1. The van der Waals surface area contributed by atoms with Gasteiger partial charge in [-0.25, -0.2) is 9.78 Å². The molecule has 0 atom stereocenters. The van der Waals surface area contributed by atoms with Crippen LogP contribution in [0.3, 0.4) is 0 Å². The van der Waals surface area contributed by atoms with E-state index >= 15 is 0 Å². The highest BCUT2D eigenvalue weighted by atomic mass is 32.1. The second-order valence-electron chi connectivity index (χ2n) is 2.12. The van der Waals surface area contributed by atoms with Crippen LogP contribution in [-0.2, 0) is 0 Å². The van der Waals surface area contributed by atoms with Crippen LogP contribution in [-0.4, -0.2) is 21.8 Å². The minimum atomic E-state index is -1.01. The van der Waals surface area contributed by atoms with Crippen LogP contribution < -0.4 is 0 Å². The van der Waals surface area contributed by atoms with Gasteiger partial charge in [0, 0.05) is 17.6 Å². The molecule has 1 N–H and O–H groups in total. The fourth-order valence-electron chi connectivity index (χ4n) is 0.638. The van der Waals surface area contributed by atoms with Gasteiger partial charge in [-0.15, -0.1) is 11.3 Å². The van der Waals surface area contributed by atoms with Gasteiger partial charge in [0.1, 0.15) is 5.69 Å². The number of nitrogens with zero attached hydrogens (tertiary/aromatic N) is 1. The molecule has 68 valence electrons. The highest BCUT2D eigenvalue weighted by Crippen LogP contribution is 2.08. The molecule has 0 bridgehead atoms. The Labute approximate surface area is 85.2 Å². The monoisotopic (exact) mass is 213 g/mol. The van der Waals surface area contributed by atoms with Crippen LogP contribution in [0, 0.1) is 11.8 Å². The molecule has 0 unspecified atom stereocenters. The van der Waals surface area contributed by atoms with Crippen molar-refractivity contribution >= 4 is 29.9 Å². The summed E-state index contributed by atoms with van der Waals surface area (Å²) in [5.74, 6) is 5.28. The molecule has 13 heavy (non-hydrogen) atoms. The zero-order chi connectivity index (χ0) is 9.68. The lowest BCUT2D eigenvalue weighted by atomic mass is 10.4. The van der Waals surface area contributed by atoms with Gasteiger partial charge in [0.05, 0.1) is 0 Å². The van der Waals surface area contributed by atoms with Crippen LogP contribution in [0.15, 0.2) is 5.38 Å². The molecule has 3 nitrogen and oxygen atoms in total. The lowest BCUT2D eigenvalue weighted by Gasteiger charge is -1.80. The van der Waals surface area contributed by atoms with Crippen LogP contribution in [0.25, 0.3) is 0 Å². The van der Waals surface area contributed by atoms with Gasteiger partial charge in [-0.2, -0.15) is 12.6 Å². The van der Waals surface area contributed by atoms with Gasteiger partial charge in [-0.1, -0.05) is 5.92 Å². The van der Waals surface area contributed by atoms with Crippen molar-refractivity contribution in [3.63, 3.8) is 0 Å². The van der Waals surface area contributed by atoms with Crippen LogP contribution in [0.1, 0.15) is 21.9 Å². The van der Waals surface area contributed by atoms with Gasteiger partial charge in [0.15, 0.2) is 0 Å². The third-order valence-corrected chi connectivity index (χ3v) is 2.19. The quantitative estimate of drug-likeness (QED) is 0.578. The lowest BCUT2D eigenvalue weighted by Crippen LogP contribution is -1.94. The molecule has 1 aromatic heterocycles.